The molecule has 3 aliphatic carbocycles. The van der Waals surface area contributed by atoms with Crippen LogP contribution in [0, 0.1) is 0 Å². The molecule has 0 aromatic carbocycles. The average Bonchev–Trinajstić information content (AvgIpc) is 2.96. The van der Waals surface area contributed by atoms with E-state index in [1.54, 1.807) is 0 Å². The Bertz CT molecular complexity index is 864. The number of hydrogen-bond acceptors (Lipinski definition) is 12. The van der Waals surface area contributed by atoms with Crippen LogP contribution in [0.1, 0.15) is 96.3 Å². The van der Waals surface area contributed by atoms with Gasteiger partial charge in [0.1, 0.15) is 0 Å². The van der Waals surface area contributed by atoms with Crippen LogP contribution in [0.4, 0.5) is 0 Å². The summed E-state index contributed by atoms with van der Waals surface area (Å²) in [7, 11) is -13.9. The van der Waals surface area contributed by atoms with Gasteiger partial charge in [-0.2, -0.15) is 0 Å². The fourth-order valence-electron chi connectivity index (χ4n) is 3.97. The summed E-state index contributed by atoms with van der Waals surface area (Å²) in [6, 6.07) is 2.36. The quantitative estimate of drug-likeness (QED) is 0.0994. The van der Waals surface area contributed by atoms with E-state index in [-0.39, 0.29) is 0 Å². The van der Waals surface area contributed by atoms with Gasteiger partial charge in [-0.05, 0) is 77.0 Å². The van der Waals surface area contributed by atoms with Gasteiger partial charge in [-0.25, -0.2) is 13.7 Å². The molecule has 21 nitrogen and oxygen atoms in total. The predicted molar refractivity (Wildman–Crippen MR) is 158 cm³/mol. The first kappa shape index (κ1) is 51.0. The van der Waals surface area contributed by atoms with E-state index in [2.05, 4.69) is 30.8 Å². The van der Waals surface area contributed by atoms with Crippen molar-refractivity contribution in [1.82, 2.24) is 0 Å². The van der Waals surface area contributed by atoms with Crippen LogP contribution < -0.4 is 32.5 Å². The number of phosphoric acid groups is 3. The van der Waals surface area contributed by atoms with E-state index in [0.717, 1.165) is 18.1 Å². The van der Waals surface area contributed by atoms with Crippen LogP contribution in [0.2, 0.25) is 0 Å². The molecule has 3 saturated carbocycles. The lowest BCUT2D eigenvalue weighted by atomic mass is 9.97. The van der Waals surface area contributed by atoms with Gasteiger partial charge < -0.3 is 76.3 Å². The molecule has 0 amide bonds. The molecule has 3 rings (SSSR count). The minimum atomic E-state index is -4.64. The van der Waals surface area contributed by atoms with Gasteiger partial charge in [0.2, 0.25) is 0 Å². The lowest BCUT2D eigenvalue weighted by molar-refractivity contribution is -0.425. The molecule has 15 N–H and O–H groups in total. The largest absolute Gasteiger partial charge is 0.548 e. The minimum Gasteiger partial charge on any atom is -0.548 e. The molecule has 0 aliphatic heterocycles. The number of phosphoric ester groups is 3. The van der Waals surface area contributed by atoms with Crippen molar-refractivity contribution in [1.29, 1.82) is 0 Å². The number of hydrogen-bond donors (Lipinski definition) is 9. The second kappa shape index (κ2) is 29.4. The monoisotopic (exact) mass is 765 g/mol. The normalized spacial score (nSPS) is 17.4. The van der Waals surface area contributed by atoms with Crippen molar-refractivity contribution in [2.45, 2.75) is 114 Å². The first-order valence-electron chi connectivity index (χ1n) is 15.1. The van der Waals surface area contributed by atoms with E-state index < -0.39 is 61.2 Å². The zero-order valence-electron chi connectivity index (χ0n) is 27.0. The molecule has 288 valence electrons. The second-order valence-electron chi connectivity index (χ2n) is 10.9. The third-order valence-electron chi connectivity index (χ3n) is 6.23. The molecule has 0 unspecified atom stereocenters. The summed E-state index contributed by atoms with van der Waals surface area (Å²) in [6.45, 7) is -3.28. The molecule has 3 fully saturated rings. The van der Waals surface area contributed by atoms with Crippen LogP contribution in [0.5, 0.6) is 0 Å². The smallest absolute Gasteiger partial charge is 0.469 e. The molecule has 0 bridgehead atoms. The van der Waals surface area contributed by atoms with E-state index >= 15 is 0 Å². The van der Waals surface area contributed by atoms with Crippen LogP contribution in [-0.4, -0.2) is 85.2 Å². The molecule has 0 atom stereocenters. The van der Waals surface area contributed by atoms with Gasteiger partial charge in [-0.3, -0.25) is 13.6 Å². The third kappa shape index (κ3) is 51.5. The lowest BCUT2D eigenvalue weighted by Gasteiger charge is -2.12. The van der Waals surface area contributed by atoms with E-state index in [4.69, 9.17) is 29.4 Å². The molecule has 3 aliphatic rings. The standard InChI is InChI=1S/3C6H13N.3C2H5O6P/c3*7-6-4-2-1-3-5-6;3*3-2(4)1-8-9(5,6)7/h3*6H,1-5,7H2;3*1H2,(H,3,4)(H2,5,6,7). The van der Waals surface area contributed by atoms with Crippen molar-refractivity contribution in [2.24, 2.45) is 0 Å². The van der Waals surface area contributed by atoms with E-state index in [1.165, 1.54) is 96.3 Å². The number of carboxylic acid groups (broad SMARTS) is 3. The van der Waals surface area contributed by atoms with Crippen LogP contribution >= 0.6 is 23.5 Å². The van der Waals surface area contributed by atoms with Crippen LogP contribution in [0.3, 0.4) is 0 Å². The van der Waals surface area contributed by atoms with Gasteiger partial charge in [0, 0.05) is 0 Å². The highest BCUT2D eigenvalue weighted by molar-refractivity contribution is 7.46. The third-order valence-corrected chi connectivity index (χ3v) is 7.62. The Kier molecular flexibility index (Phi) is 31.2. The van der Waals surface area contributed by atoms with E-state index in [0.29, 0.717) is 0 Å². The van der Waals surface area contributed by atoms with Crippen LogP contribution in [0.15, 0.2) is 0 Å². The molecular weight excluding hydrogens is 711 g/mol. The maximum atomic E-state index is 9.72. The predicted octanol–water partition coefficient (Wildman–Crippen LogP) is -4.78. The zero-order valence-corrected chi connectivity index (χ0v) is 29.7. The van der Waals surface area contributed by atoms with Crippen molar-refractivity contribution in [3.8, 4) is 0 Å². The Balaban J connectivity index is -0.000000507. The number of carbonyl (C=O) groups is 3. The first-order valence-corrected chi connectivity index (χ1v) is 19.7. The second-order valence-corrected chi connectivity index (χ2v) is 14.6. The van der Waals surface area contributed by atoms with Crippen LogP contribution in [0.25, 0.3) is 0 Å². The van der Waals surface area contributed by atoms with Gasteiger partial charge in [0.25, 0.3) is 0 Å². The van der Waals surface area contributed by atoms with Gasteiger partial charge in [-0.1, -0.05) is 19.3 Å². The Labute approximate surface area is 279 Å². The molecule has 0 aromatic heterocycles. The highest BCUT2D eigenvalue weighted by Gasteiger charge is 2.14. The summed E-state index contributed by atoms with van der Waals surface area (Å²) in [6.07, 6.45) is 21.1. The van der Waals surface area contributed by atoms with Gasteiger partial charge in [-0.15, -0.1) is 0 Å². The lowest BCUT2D eigenvalue weighted by Crippen LogP contribution is -2.61. The highest BCUT2D eigenvalue weighted by atomic mass is 31.2. The number of aliphatic carboxylic acids is 3. The summed E-state index contributed by atoms with van der Waals surface area (Å²) in [5, 5.41) is 28.4. The first-order chi connectivity index (χ1) is 21.9. The average molecular weight is 766 g/mol. The van der Waals surface area contributed by atoms with Gasteiger partial charge >= 0.3 is 23.5 Å². The Morgan fingerprint density at radius 1 is 0.458 bits per heavy atom. The molecule has 0 saturated heterocycles. The van der Waals surface area contributed by atoms with Gasteiger partial charge in [0.15, 0.2) is 0 Å². The summed E-state index contributed by atoms with van der Waals surface area (Å²) >= 11 is 0. The highest BCUT2D eigenvalue weighted by Crippen LogP contribution is 2.36. The Morgan fingerprint density at radius 3 is 0.688 bits per heavy atom. The molecule has 0 spiro atoms. The summed E-state index contributed by atoms with van der Waals surface area (Å²) in [5.41, 5.74) is 12.0. The SMILES string of the molecule is O=C([O-])COP(=O)(O)O.O=C([O-])COP(=O)(O)O.O=C([O-])COP(=O)(O)O.[NH3+]C1CCCCC1.[NH3+]C1CCCCC1.[NH3+]C1CCCCC1. The van der Waals surface area contributed by atoms with Crippen molar-refractivity contribution in [2.75, 3.05) is 19.8 Å². The molecule has 24 heteroatoms. The topological polar surface area (TPSA) is 404 Å². The van der Waals surface area contributed by atoms with Crippen molar-refractivity contribution in [3.05, 3.63) is 0 Å². The Morgan fingerprint density at radius 2 is 0.625 bits per heavy atom. The summed E-state index contributed by atoms with van der Waals surface area (Å²) in [4.78, 5) is 75.6. The minimum absolute atomic E-state index is 0.786. The fourth-order valence-corrected chi connectivity index (χ4v) is 4.79. The van der Waals surface area contributed by atoms with Crippen molar-refractivity contribution < 1.29 is 104 Å². The van der Waals surface area contributed by atoms with E-state index in [9.17, 15) is 43.4 Å². The van der Waals surface area contributed by atoms with Crippen molar-refractivity contribution in [3.63, 3.8) is 0 Å². The number of carboxylic acids is 3. The summed E-state index contributed by atoms with van der Waals surface area (Å²) in [5.74, 6) is -5.00. The molecule has 48 heavy (non-hydrogen) atoms. The molecular formula is C24H54N3O18P3. The number of quaternary nitrogens is 3. The maximum absolute atomic E-state index is 9.72. The fraction of sp³-hybridized carbons (Fsp3) is 0.875. The number of rotatable bonds is 9. The number of carbonyl (C=O) groups excluding carboxylic acids is 3. The summed E-state index contributed by atoms with van der Waals surface area (Å²) < 4.78 is 39.6. The van der Waals surface area contributed by atoms with Gasteiger partial charge in [0.05, 0.1) is 55.9 Å². The van der Waals surface area contributed by atoms with E-state index in [1.807, 2.05) is 0 Å². The maximum Gasteiger partial charge on any atom is 0.469 e. The molecule has 0 radical (unpaired) electrons. The Hall–Kier alpha value is -1.38. The zero-order chi connectivity index (χ0) is 37.8. The molecule has 0 heterocycles. The molecule has 0 aromatic rings. The van der Waals surface area contributed by atoms with Crippen molar-refractivity contribution >= 4 is 41.4 Å². The van der Waals surface area contributed by atoms with Crippen LogP contribution in [-0.2, 0) is 41.6 Å².